The Morgan fingerprint density at radius 2 is 0.797 bits per heavy atom. The number of aryl methyl sites for hydroxylation is 4. The number of carbonyl (C=O) groups is 15. The number of nitrogens with zero attached hydrogens (tertiary/aromatic N) is 7. The normalized spacial score (nSPS) is 15.6. The van der Waals surface area contributed by atoms with Crippen LogP contribution in [-0.2, 0) is 52.7 Å². The van der Waals surface area contributed by atoms with Gasteiger partial charge in [0.1, 0.15) is 69.8 Å². The van der Waals surface area contributed by atoms with Crippen LogP contribution in [0.1, 0.15) is 237 Å². The van der Waals surface area contributed by atoms with E-state index in [4.69, 9.17) is 34.0 Å². The first kappa shape index (κ1) is 115. The van der Waals surface area contributed by atoms with Crippen LogP contribution in [0.3, 0.4) is 0 Å². The molecule has 0 bridgehead atoms. The van der Waals surface area contributed by atoms with Gasteiger partial charge in [0, 0.05) is 110 Å². The monoisotopic (exact) mass is 1920 g/mol. The van der Waals surface area contributed by atoms with Gasteiger partial charge in [-0.3, -0.25) is 90.9 Å². The van der Waals surface area contributed by atoms with Crippen LogP contribution in [0.15, 0.2) is 171 Å². The maximum atomic E-state index is 13.2. The van der Waals surface area contributed by atoms with Gasteiger partial charge in [-0.2, -0.15) is 0 Å². The standard InChI is InChI=1S/C24H29N5O6.C15H17N3O4.C14H15N3O5.C11H18N2O2.C10H9N3O3.C10H16N2O2.C6H12O.C5H10O2/c1-4-20(23(33)26-17(8-7-14(2)30)13-16-9-10-25-21(16)31)29-11-5-6-18(24(29)34)27-22(32)19-12-15(3)35-28-19;1-4-13(10(3)19)18-7-5-6-11(15(18)21)16-14(20)12-8-9(2)22-17-12;1-3-11(14(20)21)17-6-4-5-9(13(17)19)15-12(18)10-7-8(2)22-16-10;1-8(14)3-4-10(12-2)7-9-5-6-13-11(9)15;1-6-5-8(13-16-6)10(15)12-7-3-2-4-11-9(7)14;1-7(13)2-3-9(11)6-8-4-5-12-10(8)14;1-4-5(2)6(3)7;1-3-5(7)4(2)6/h5-8,11-12,16-17,20H,4,9-10,13H2,1-3H3,(H,25,31)(H,26,33)(H,27,32);5-8,13H,4H2,1-3H3,(H,16,20);4-7,11H,3H2,1-2H3,(H,15,18)(H,20,21);3-4,9-10,12H,5-7H2,1-2H3,(H,13,15);2-5H,1H3,(H,11,14)(H,12,15);2-3,8-9H,4-6,11H2,1H3,(H,12,14);5H,4H2,1-3H3;5,7H,3H2,1-2H3/b8-7+;;;4-3+;;3-2+;;/t16-,17+,20-;13-;11-;9-,10+;;8-,9+;2*5-/m0000.011/s1. The van der Waals surface area contributed by atoms with Crippen LogP contribution >= 0.6 is 0 Å². The number of aliphatic hydroxyl groups excluding tert-OH is 1. The predicted molar refractivity (Wildman–Crippen MR) is 509 cm³/mol. The molecule has 0 radical (unpaired) electrons. The van der Waals surface area contributed by atoms with Gasteiger partial charge in [-0.15, -0.1) is 0 Å². The molecule has 3 aliphatic rings. The summed E-state index contributed by atoms with van der Waals surface area (Å²) in [5.41, 5.74) is 4.32. The molecule has 138 heavy (non-hydrogen) atoms. The summed E-state index contributed by atoms with van der Waals surface area (Å²) >= 11 is 0. The number of ketones is 6. The number of likely N-dealkylation sites (N-methyl/N-ethyl adjacent to an activating group) is 1. The average Bonchev–Trinajstić information content (AvgIpc) is 1.64. The van der Waals surface area contributed by atoms with E-state index in [0.29, 0.717) is 73.9 Å². The van der Waals surface area contributed by atoms with Crippen molar-refractivity contribution in [2.45, 2.75) is 224 Å². The van der Waals surface area contributed by atoms with Crippen molar-refractivity contribution in [1.29, 1.82) is 0 Å². The van der Waals surface area contributed by atoms with E-state index in [1.807, 2.05) is 33.9 Å². The van der Waals surface area contributed by atoms with Crippen LogP contribution < -0.4 is 75.8 Å². The van der Waals surface area contributed by atoms with E-state index >= 15 is 0 Å². The molecule has 3 saturated heterocycles. The third-order valence-electron chi connectivity index (χ3n) is 21.1. The van der Waals surface area contributed by atoms with Crippen LogP contribution in [0, 0.1) is 51.4 Å². The predicted octanol–water partition coefficient (Wildman–Crippen LogP) is 8.00. The molecule has 8 aromatic heterocycles. The Labute approximate surface area is 795 Å². The van der Waals surface area contributed by atoms with Gasteiger partial charge >= 0.3 is 5.97 Å². The Morgan fingerprint density at radius 1 is 0.457 bits per heavy atom. The molecule has 11 atom stereocenters. The lowest BCUT2D eigenvalue weighted by Crippen LogP contribution is -2.42. The lowest BCUT2D eigenvalue weighted by molar-refractivity contribution is -0.141. The fourth-order valence-corrected chi connectivity index (χ4v) is 13.1. The SMILES string of the molecule is CC(=O)/C=C/[C@@H](N)C[C@@H]1CCNC1=O.CC[C@@H](C(=O)N[C@H](/C=C/C(C)=O)C[C@@H]1CCNC1=O)n1cccc(NC(=O)c2cc(C)on2)c1=O.CC[C@@H](C(=O)O)n1cccc(NC(=O)c2cc(C)on2)c1=O.CC[C@@H](C(C)=O)n1cccc(NC(=O)c2cc(C)on2)c1=O.CC[C@@H](C)C(C)=O.CC[C@@H](O)C(C)=O.CN[C@H](/C=C/C(C)=O)C[C@@H]1CCNC1=O.Cc1cc(C(=O)Nc2ccc[nH]c2=O)no1. The summed E-state index contributed by atoms with van der Waals surface area (Å²) in [4.78, 5) is 223. The molecule has 14 N–H and O–H groups in total. The van der Waals surface area contributed by atoms with E-state index in [1.54, 1.807) is 91.8 Å². The molecule has 43 nitrogen and oxygen atoms in total. The first-order chi connectivity index (χ1) is 65.3. The Morgan fingerprint density at radius 3 is 1.08 bits per heavy atom. The molecule has 0 spiro atoms. The van der Waals surface area contributed by atoms with E-state index < -0.39 is 82.5 Å². The molecule has 3 fully saturated rings. The number of aromatic amines is 1. The van der Waals surface area contributed by atoms with E-state index in [1.165, 1.54) is 135 Å². The Balaban J connectivity index is 0.000000344. The number of hydrogen-bond donors (Lipinski definition) is 13. The Kier molecular flexibility index (Phi) is 49.3. The topological polar surface area (TPSA) is 634 Å². The van der Waals surface area contributed by atoms with Crippen LogP contribution in [0.5, 0.6) is 0 Å². The molecule has 11 heterocycles. The van der Waals surface area contributed by atoms with Crippen LogP contribution in [0.25, 0.3) is 0 Å². The maximum absolute atomic E-state index is 13.2. The van der Waals surface area contributed by atoms with Crippen LogP contribution in [0.2, 0.25) is 0 Å². The minimum Gasteiger partial charge on any atom is -0.480 e. The molecule has 0 aliphatic carbocycles. The van der Waals surface area contributed by atoms with Crippen molar-refractivity contribution >= 4 is 111 Å². The Bertz CT molecular complexity index is 5690. The van der Waals surface area contributed by atoms with Crippen molar-refractivity contribution in [2.75, 3.05) is 47.9 Å². The third kappa shape index (κ3) is 39.1. The molecular weight excluding hydrogens is 1790 g/mol. The van der Waals surface area contributed by atoms with Gasteiger partial charge in [-0.25, -0.2) is 4.79 Å². The van der Waals surface area contributed by atoms with Crippen molar-refractivity contribution in [3.8, 4) is 0 Å². The summed E-state index contributed by atoms with van der Waals surface area (Å²) in [6.45, 7) is 28.5. The zero-order valence-corrected chi connectivity index (χ0v) is 80.4. The smallest absolute Gasteiger partial charge is 0.326 e. The highest BCUT2D eigenvalue weighted by atomic mass is 16.5. The van der Waals surface area contributed by atoms with Crippen LogP contribution in [-0.4, -0.2) is 188 Å². The van der Waals surface area contributed by atoms with E-state index in [0.717, 1.165) is 43.3 Å². The van der Waals surface area contributed by atoms with Gasteiger partial charge in [-0.05, 0) is 214 Å². The molecule has 11 rings (SSSR count). The first-order valence-electron chi connectivity index (χ1n) is 44.7. The van der Waals surface area contributed by atoms with E-state index in [-0.39, 0.29) is 140 Å². The van der Waals surface area contributed by atoms with Crippen LogP contribution in [0.4, 0.5) is 22.7 Å². The molecule has 746 valence electrons. The summed E-state index contributed by atoms with van der Waals surface area (Å²) < 4.78 is 22.9. The Hall–Kier alpha value is -15.0. The second-order valence-electron chi connectivity index (χ2n) is 32.2. The van der Waals surface area contributed by atoms with E-state index in [2.05, 4.69) is 73.5 Å². The molecule has 3 aliphatic heterocycles. The molecule has 8 aromatic rings. The number of Topliss-reactive ketones (excluding diaryl/α,β-unsaturated/α-hetero) is 3. The average molecular weight is 1920 g/mol. The number of nitrogens with two attached hydrogens (primary N) is 1. The number of H-pyrrole nitrogens is 1. The van der Waals surface area contributed by atoms with Crippen molar-refractivity contribution in [2.24, 2.45) is 29.4 Å². The van der Waals surface area contributed by atoms with Gasteiger partial charge in [-0.1, -0.05) is 80.4 Å². The fraction of sp³-hybridized carbons (Fsp3) is 0.442. The second-order valence-corrected chi connectivity index (χ2v) is 32.2. The number of allylic oxidation sites excluding steroid dienone is 3. The minimum absolute atomic E-state index is 0.0138. The largest absolute Gasteiger partial charge is 0.480 e. The summed E-state index contributed by atoms with van der Waals surface area (Å²) in [5.74, 6) is -1.77. The number of amides is 8. The molecule has 8 amide bonds. The number of nitrogens with one attached hydrogen (secondary N) is 10. The lowest BCUT2D eigenvalue weighted by Gasteiger charge is -2.23. The summed E-state index contributed by atoms with van der Waals surface area (Å²) in [7, 11) is 1.84. The number of aliphatic carboxylic acids is 1. The number of carbonyl (C=O) groups excluding carboxylic acids is 14. The number of anilines is 4. The summed E-state index contributed by atoms with van der Waals surface area (Å²) in [6, 6.07) is 14.9. The highest BCUT2D eigenvalue weighted by Crippen LogP contribution is 2.23. The minimum atomic E-state index is -1.11. The number of pyridine rings is 4. The number of aromatic nitrogens is 8. The van der Waals surface area contributed by atoms with Gasteiger partial charge < -0.3 is 96.0 Å². The van der Waals surface area contributed by atoms with Crippen molar-refractivity contribution in [3.63, 3.8) is 0 Å². The highest BCUT2D eigenvalue weighted by molar-refractivity contribution is 6.05. The number of carboxylic acids is 1. The zero-order chi connectivity index (χ0) is 103. The van der Waals surface area contributed by atoms with Crippen molar-refractivity contribution < 1.29 is 100 Å². The highest BCUT2D eigenvalue weighted by Gasteiger charge is 2.32. The lowest BCUT2D eigenvalue weighted by atomic mass is 9.97. The number of aliphatic hydroxyl groups is 1. The van der Waals surface area contributed by atoms with Crippen molar-refractivity contribution in [3.05, 3.63) is 221 Å². The van der Waals surface area contributed by atoms with E-state index in [9.17, 15) is 91.1 Å². The first-order valence-corrected chi connectivity index (χ1v) is 44.7. The number of rotatable bonds is 35. The third-order valence-corrected chi connectivity index (χ3v) is 21.1. The molecule has 0 unspecified atom stereocenters. The van der Waals surface area contributed by atoms with Gasteiger partial charge in [0.2, 0.25) is 23.6 Å². The quantitative estimate of drug-likeness (QED) is 0.0167. The number of carboxylic acid groups (broad SMARTS) is 1. The molecule has 0 aromatic carbocycles. The molecule has 43 heteroatoms. The second kappa shape index (κ2) is 59.0. The zero-order valence-electron chi connectivity index (χ0n) is 80.4. The van der Waals surface area contributed by atoms with Crippen molar-refractivity contribution in [1.82, 2.24) is 65.9 Å². The van der Waals surface area contributed by atoms with Gasteiger partial charge in [0.15, 0.2) is 51.7 Å². The summed E-state index contributed by atoms with van der Waals surface area (Å²) in [5, 5.41) is 56.2. The fourth-order valence-electron chi connectivity index (χ4n) is 13.1. The summed E-state index contributed by atoms with van der Waals surface area (Å²) in [6.07, 6.45) is 21.2. The van der Waals surface area contributed by atoms with Gasteiger partial charge in [0.05, 0.1) is 6.04 Å². The molecular formula is C95H126N18O25. The molecule has 0 saturated carbocycles. The van der Waals surface area contributed by atoms with Gasteiger partial charge in [0.25, 0.3) is 45.9 Å². The maximum Gasteiger partial charge on any atom is 0.326 e. The number of hydrogen-bond acceptors (Lipinski definition) is 30.